The molecule has 2 aliphatic rings. The van der Waals surface area contributed by atoms with Crippen LogP contribution < -0.4 is 4.90 Å². The average molecular weight is 430 g/mol. The highest BCUT2D eigenvalue weighted by atomic mass is 35.5. The lowest BCUT2D eigenvalue weighted by Crippen LogP contribution is -2.39. The summed E-state index contributed by atoms with van der Waals surface area (Å²) in [4.78, 5) is 2.47. The molecule has 0 aromatic heterocycles. The van der Waals surface area contributed by atoms with E-state index in [9.17, 15) is 0 Å². The van der Waals surface area contributed by atoms with Gasteiger partial charge in [0.2, 0.25) is 0 Å². The molecule has 0 bridgehead atoms. The van der Waals surface area contributed by atoms with Crippen molar-refractivity contribution < 1.29 is 0 Å². The molecule has 0 unspecified atom stereocenters. The van der Waals surface area contributed by atoms with Crippen LogP contribution in [0.25, 0.3) is 0 Å². The Morgan fingerprint density at radius 3 is 1.77 bits per heavy atom. The van der Waals surface area contributed by atoms with Gasteiger partial charge in [-0.3, -0.25) is 0 Å². The van der Waals surface area contributed by atoms with E-state index >= 15 is 0 Å². The van der Waals surface area contributed by atoms with Gasteiger partial charge in [0.1, 0.15) is 0 Å². The Morgan fingerprint density at radius 1 is 0.710 bits per heavy atom. The van der Waals surface area contributed by atoms with Gasteiger partial charge in [-0.05, 0) is 51.8 Å². The summed E-state index contributed by atoms with van der Waals surface area (Å²) in [5.41, 5.74) is 11.7. The average Bonchev–Trinajstić information content (AvgIpc) is 2.67. The second-order valence-electron chi connectivity index (χ2n) is 11.4. The number of hydrogen-bond acceptors (Lipinski definition) is 1. The maximum Gasteiger partial charge on any atom is 0.0689 e. The molecule has 0 N–H and O–H groups in total. The van der Waals surface area contributed by atoms with Crippen molar-refractivity contribution in [2.24, 2.45) is 0 Å². The second-order valence-corrected chi connectivity index (χ2v) is 11.8. The van der Waals surface area contributed by atoms with Crippen LogP contribution in [0.1, 0.15) is 81.8 Å². The maximum absolute atomic E-state index is 6.94. The van der Waals surface area contributed by atoms with Crippen molar-refractivity contribution in [3.63, 3.8) is 0 Å². The van der Waals surface area contributed by atoms with Crippen molar-refractivity contribution in [2.75, 3.05) is 4.90 Å². The fourth-order valence-electron chi connectivity index (χ4n) is 5.59. The maximum atomic E-state index is 6.94. The molecule has 3 aromatic carbocycles. The third-order valence-corrected chi connectivity index (χ3v) is 7.87. The van der Waals surface area contributed by atoms with Crippen molar-refractivity contribution >= 4 is 28.7 Å². The molecular formula is C29H32ClN. The van der Waals surface area contributed by atoms with E-state index in [0.29, 0.717) is 0 Å². The Kier molecular flexibility index (Phi) is 4.11. The van der Waals surface area contributed by atoms with Crippen molar-refractivity contribution in [3.05, 3.63) is 86.9 Å². The van der Waals surface area contributed by atoms with E-state index < -0.39 is 0 Å². The van der Waals surface area contributed by atoms with Crippen molar-refractivity contribution in [1.82, 2.24) is 0 Å². The Morgan fingerprint density at radius 2 is 1.23 bits per heavy atom. The zero-order valence-corrected chi connectivity index (χ0v) is 20.7. The number of para-hydroxylation sites is 2. The van der Waals surface area contributed by atoms with E-state index in [2.05, 4.69) is 103 Å². The molecular weight excluding hydrogens is 398 g/mol. The van der Waals surface area contributed by atoms with E-state index in [1.165, 1.54) is 44.8 Å². The minimum absolute atomic E-state index is 0.0734. The molecule has 3 aromatic rings. The number of halogens is 1. The van der Waals surface area contributed by atoms with Gasteiger partial charge in [0.15, 0.2) is 0 Å². The standard InChI is InChI=1S/C29H32ClN/c1-17-11-9-12-19-24(17)31-25-21(28(19,5)6)15-18(27(2,3)4)16-22(25)29(7,8)20-13-10-14-23(30)26(20)31/h9-16H,1-8H3. The number of hydrogen-bond donors (Lipinski definition) is 0. The molecule has 2 heteroatoms. The van der Waals surface area contributed by atoms with Crippen molar-refractivity contribution in [1.29, 1.82) is 0 Å². The van der Waals surface area contributed by atoms with Crippen LogP contribution in [-0.4, -0.2) is 0 Å². The van der Waals surface area contributed by atoms with Crippen LogP contribution in [0.5, 0.6) is 0 Å². The summed E-state index contributed by atoms with van der Waals surface area (Å²) in [5.74, 6) is 0. The van der Waals surface area contributed by atoms with Crippen molar-refractivity contribution in [3.8, 4) is 0 Å². The lowest BCUT2D eigenvalue weighted by atomic mass is 9.64. The van der Waals surface area contributed by atoms with Gasteiger partial charge in [0, 0.05) is 10.8 Å². The van der Waals surface area contributed by atoms with E-state index in [4.69, 9.17) is 11.6 Å². The Balaban J connectivity index is 2.01. The van der Waals surface area contributed by atoms with Crippen LogP contribution in [0.15, 0.2) is 48.5 Å². The lowest BCUT2D eigenvalue weighted by Gasteiger charge is -2.50. The van der Waals surface area contributed by atoms with E-state index in [1.807, 2.05) is 6.07 Å². The predicted octanol–water partition coefficient (Wildman–Crippen LogP) is 8.69. The Labute approximate surface area is 192 Å². The quantitative estimate of drug-likeness (QED) is 0.345. The minimum atomic E-state index is -0.141. The van der Waals surface area contributed by atoms with Crippen LogP contribution in [0, 0.1) is 6.92 Å². The molecule has 31 heavy (non-hydrogen) atoms. The largest absolute Gasteiger partial charge is 0.307 e. The van der Waals surface area contributed by atoms with Gasteiger partial charge in [0.25, 0.3) is 0 Å². The van der Waals surface area contributed by atoms with Gasteiger partial charge < -0.3 is 4.90 Å². The number of aryl methyl sites for hydroxylation is 1. The van der Waals surface area contributed by atoms with Crippen LogP contribution >= 0.6 is 11.6 Å². The summed E-state index contributed by atoms with van der Waals surface area (Å²) >= 11 is 6.94. The molecule has 0 spiro atoms. The predicted molar refractivity (Wildman–Crippen MR) is 134 cm³/mol. The van der Waals surface area contributed by atoms with Crippen LogP contribution in [-0.2, 0) is 16.2 Å². The smallest absolute Gasteiger partial charge is 0.0689 e. The van der Waals surface area contributed by atoms with Crippen molar-refractivity contribution in [2.45, 2.75) is 71.6 Å². The first-order valence-corrected chi connectivity index (χ1v) is 11.6. The number of benzene rings is 3. The molecule has 5 rings (SSSR count). The highest BCUT2D eigenvalue weighted by Crippen LogP contribution is 2.62. The molecule has 2 heterocycles. The number of rotatable bonds is 0. The molecule has 1 nitrogen and oxygen atoms in total. The summed E-state index contributed by atoms with van der Waals surface area (Å²) < 4.78 is 0. The molecule has 0 aliphatic carbocycles. The summed E-state index contributed by atoms with van der Waals surface area (Å²) in [5, 5.41) is 0.816. The van der Waals surface area contributed by atoms with Crippen LogP contribution in [0.4, 0.5) is 17.1 Å². The molecule has 0 amide bonds. The first kappa shape index (κ1) is 20.6. The molecule has 0 saturated heterocycles. The van der Waals surface area contributed by atoms with Gasteiger partial charge in [-0.1, -0.05) is 103 Å². The van der Waals surface area contributed by atoms with Gasteiger partial charge in [-0.2, -0.15) is 0 Å². The summed E-state index contributed by atoms with van der Waals surface area (Å²) in [6.45, 7) is 18.6. The molecule has 0 fully saturated rings. The molecule has 0 atom stereocenters. The monoisotopic (exact) mass is 429 g/mol. The van der Waals surface area contributed by atoms with Gasteiger partial charge in [-0.15, -0.1) is 0 Å². The summed E-state index contributed by atoms with van der Waals surface area (Å²) in [6.07, 6.45) is 0. The van der Waals surface area contributed by atoms with Crippen LogP contribution in [0.3, 0.4) is 0 Å². The van der Waals surface area contributed by atoms with E-state index in [0.717, 1.165) is 10.7 Å². The number of fused-ring (bicyclic) bond motifs is 4. The number of nitrogens with zero attached hydrogens (tertiary/aromatic N) is 1. The molecule has 0 radical (unpaired) electrons. The van der Waals surface area contributed by atoms with Gasteiger partial charge in [0.05, 0.1) is 22.1 Å². The zero-order chi connectivity index (χ0) is 22.5. The Bertz CT molecular complexity index is 1150. The molecule has 160 valence electrons. The number of anilines is 3. The third-order valence-electron chi connectivity index (χ3n) is 7.56. The molecule has 2 aliphatic heterocycles. The van der Waals surface area contributed by atoms with Gasteiger partial charge in [-0.25, -0.2) is 0 Å². The first-order chi connectivity index (χ1) is 14.4. The lowest BCUT2D eigenvalue weighted by molar-refractivity contribution is 0.563. The normalized spacial score (nSPS) is 17.6. The first-order valence-electron chi connectivity index (χ1n) is 11.3. The SMILES string of the molecule is Cc1cccc2c1N1c3c(Cl)cccc3C(C)(C)c3cc(C(C)(C)C)cc(c31)C2(C)C. The topological polar surface area (TPSA) is 3.24 Å². The summed E-state index contributed by atoms with van der Waals surface area (Å²) in [7, 11) is 0. The highest BCUT2D eigenvalue weighted by Gasteiger charge is 2.47. The zero-order valence-electron chi connectivity index (χ0n) is 19.9. The molecule has 0 saturated carbocycles. The third kappa shape index (κ3) is 2.62. The minimum Gasteiger partial charge on any atom is -0.307 e. The van der Waals surface area contributed by atoms with E-state index in [1.54, 1.807) is 0 Å². The van der Waals surface area contributed by atoms with Crippen LogP contribution in [0.2, 0.25) is 5.02 Å². The second kappa shape index (κ2) is 6.17. The highest BCUT2D eigenvalue weighted by molar-refractivity contribution is 6.34. The Hall–Kier alpha value is -2.25. The fraction of sp³-hybridized carbons (Fsp3) is 0.379. The fourth-order valence-corrected chi connectivity index (χ4v) is 5.85. The van der Waals surface area contributed by atoms with E-state index in [-0.39, 0.29) is 16.2 Å². The van der Waals surface area contributed by atoms with Gasteiger partial charge >= 0.3 is 0 Å². The summed E-state index contributed by atoms with van der Waals surface area (Å²) in [6, 6.07) is 18.0.